The molecule has 0 spiro atoms. The molecule has 1 aliphatic heterocycles. The molecule has 1 saturated carbocycles. The maximum absolute atomic E-state index is 9.71. The minimum Gasteiger partial charge on any atom is -0.315 e. The number of hydrogen-bond acceptors (Lipinski definition) is 3. The lowest BCUT2D eigenvalue weighted by Crippen LogP contribution is -2.53. The van der Waals surface area contributed by atoms with Crippen LogP contribution in [0.4, 0.5) is 0 Å². The van der Waals surface area contributed by atoms with Crippen LogP contribution in [0.3, 0.4) is 0 Å². The first kappa shape index (κ1) is 12.9. The molecule has 1 unspecified atom stereocenters. The maximum atomic E-state index is 9.71. The van der Waals surface area contributed by atoms with Crippen LogP contribution in [-0.4, -0.2) is 36.6 Å². The Bertz CT molecular complexity index is 297. The fraction of sp³-hybridized carbons (Fsp3) is 0.929. The zero-order valence-electron chi connectivity index (χ0n) is 11.3. The van der Waals surface area contributed by atoms with Crippen molar-refractivity contribution in [2.45, 2.75) is 51.5 Å². The van der Waals surface area contributed by atoms with Gasteiger partial charge in [-0.05, 0) is 37.6 Å². The Morgan fingerprint density at radius 2 is 1.94 bits per heavy atom. The van der Waals surface area contributed by atoms with E-state index in [0.29, 0.717) is 5.41 Å². The van der Waals surface area contributed by atoms with Gasteiger partial charge in [0.1, 0.15) is 5.54 Å². The highest BCUT2D eigenvalue weighted by Gasteiger charge is 2.44. The van der Waals surface area contributed by atoms with Crippen LogP contribution in [0.2, 0.25) is 0 Å². The van der Waals surface area contributed by atoms with Gasteiger partial charge in [-0.25, -0.2) is 0 Å². The number of nitrogens with zero attached hydrogens (tertiary/aromatic N) is 2. The summed E-state index contributed by atoms with van der Waals surface area (Å²) in [5.41, 5.74) is 0.140. The lowest BCUT2D eigenvalue weighted by atomic mass is 9.68. The molecular formula is C14H25N3. The molecule has 1 aliphatic carbocycles. The van der Waals surface area contributed by atoms with Crippen molar-refractivity contribution in [3.63, 3.8) is 0 Å². The lowest BCUT2D eigenvalue weighted by Gasteiger charge is -2.46. The number of rotatable bonds is 1. The van der Waals surface area contributed by atoms with Crippen LogP contribution >= 0.6 is 0 Å². The molecule has 1 N–H and O–H groups in total. The van der Waals surface area contributed by atoms with Crippen molar-refractivity contribution >= 4 is 0 Å². The summed E-state index contributed by atoms with van der Waals surface area (Å²) in [4.78, 5) is 2.45. The van der Waals surface area contributed by atoms with Crippen molar-refractivity contribution in [1.82, 2.24) is 10.2 Å². The van der Waals surface area contributed by atoms with Gasteiger partial charge >= 0.3 is 0 Å². The second-order valence-corrected chi connectivity index (χ2v) is 6.43. The second-order valence-electron chi connectivity index (χ2n) is 6.43. The van der Waals surface area contributed by atoms with E-state index in [0.717, 1.165) is 39.0 Å². The third-order valence-electron chi connectivity index (χ3n) is 4.37. The Hall–Kier alpha value is -0.590. The SMILES string of the molecule is CC1(C)CCCC(C#N)(N2CCCNCC2)C1. The van der Waals surface area contributed by atoms with Gasteiger partial charge in [-0.2, -0.15) is 5.26 Å². The van der Waals surface area contributed by atoms with E-state index in [4.69, 9.17) is 0 Å². The first-order valence-electron chi connectivity index (χ1n) is 6.95. The monoisotopic (exact) mass is 235 g/mol. The largest absolute Gasteiger partial charge is 0.315 e. The molecule has 0 aromatic heterocycles. The zero-order valence-corrected chi connectivity index (χ0v) is 11.3. The van der Waals surface area contributed by atoms with Gasteiger partial charge in [0.05, 0.1) is 6.07 Å². The number of hydrogen-bond donors (Lipinski definition) is 1. The van der Waals surface area contributed by atoms with E-state index in [-0.39, 0.29) is 5.54 Å². The van der Waals surface area contributed by atoms with Crippen molar-refractivity contribution in [2.24, 2.45) is 5.41 Å². The van der Waals surface area contributed by atoms with Gasteiger partial charge in [-0.3, -0.25) is 4.90 Å². The van der Waals surface area contributed by atoms with Crippen LogP contribution in [0, 0.1) is 16.7 Å². The maximum Gasteiger partial charge on any atom is 0.109 e. The van der Waals surface area contributed by atoms with Gasteiger partial charge in [0, 0.05) is 19.6 Å². The third kappa shape index (κ3) is 2.81. The van der Waals surface area contributed by atoms with Crippen LogP contribution in [-0.2, 0) is 0 Å². The summed E-state index contributed by atoms with van der Waals surface area (Å²) in [5.74, 6) is 0. The van der Waals surface area contributed by atoms with Crippen molar-refractivity contribution in [2.75, 3.05) is 26.2 Å². The van der Waals surface area contributed by atoms with Gasteiger partial charge in [0.25, 0.3) is 0 Å². The van der Waals surface area contributed by atoms with E-state index in [9.17, 15) is 5.26 Å². The average molecular weight is 235 g/mol. The molecule has 96 valence electrons. The zero-order chi connectivity index (χ0) is 12.4. The molecule has 3 heteroatoms. The van der Waals surface area contributed by atoms with Gasteiger partial charge in [-0.1, -0.05) is 20.3 Å². The first-order valence-corrected chi connectivity index (χ1v) is 6.95. The highest BCUT2D eigenvalue weighted by Crippen LogP contribution is 2.43. The molecule has 0 bridgehead atoms. The highest BCUT2D eigenvalue weighted by molar-refractivity contribution is 5.12. The van der Waals surface area contributed by atoms with Gasteiger partial charge in [0.15, 0.2) is 0 Å². The minimum atomic E-state index is -0.187. The molecule has 0 amide bonds. The van der Waals surface area contributed by atoms with E-state index in [1.54, 1.807) is 0 Å². The molecule has 0 aromatic carbocycles. The number of nitriles is 1. The molecule has 3 nitrogen and oxygen atoms in total. The summed E-state index contributed by atoms with van der Waals surface area (Å²) in [5, 5.41) is 13.1. The van der Waals surface area contributed by atoms with E-state index in [1.165, 1.54) is 19.3 Å². The van der Waals surface area contributed by atoms with Crippen LogP contribution in [0.25, 0.3) is 0 Å². The van der Waals surface area contributed by atoms with E-state index in [2.05, 4.69) is 30.1 Å². The van der Waals surface area contributed by atoms with Crippen LogP contribution < -0.4 is 5.32 Å². The Morgan fingerprint density at radius 1 is 1.12 bits per heavy atom. The van der Waals surface area contributed by atoms with Crippen LogP contribution in [0.1, 0.15) is 46.0 Å². The first-order chi connectivity index (χ1) is 8.08. The second kappa shape index (κ2) is 4.96. The molecule has 0 radical (unpaired) electrons. The van der Waals surface area contributed by atoms with E-state index < -0.39 is 0 Å². The lowest BCUT2D eigenvalue weighted by molar-refractivity contribution is 0.0489. The topological polar surface area (TPSA) is 39.1 Å². The fourth-order valence-corrected chi connectivity index (χ4v) is 3.54. The molecule has 2 rings (SSSR count). The highest BCUT2D eigenvalue weighted by atomic mass is 15.2. The van der Waals surface area contributed by atoms with Gasteiger partial charge in [0.2, 0.25) is 0 Å². The summed E-state index contributed by atoms with van der Waals surface area (Å²) in [7, 11) is 0. The standard InChI is InChI=1S/C14H25N3/c1-13(2)5-3-6-14(11-13,12-15)17-9-4-7-16-8-10-17/h16H,3-11H2,1-2H3. The van der Waals surface area contributed by atoms with Crippen molar-refractivity contribution < 1.29 is 0 Å². The molecule has 2 fully saturated rings. The molecule has 2 aliphatic rings. The predicted molar refractivity (Wildman–Crippen MR) is 69.7 cm³/mol. The van der Waals surface area contributed by atoms with E-state index in [1.807, 2.05) is 0 Å². The van der Waals surface area contributed by atoms with Crippen molar-refractivity contribution in [3.8, 4) is 6.07 Å². The average Bonchev–Trinajstić information content (AvgIpc) is 2.56. The Balaban J connectivity index is 2.15. The summed E-state index contributed by atoms with van der Waals surface area (Å²) in [6, 6.07) is 2.67. The summed E-state index contributed by atoms with van der Waals surface area (Å²) >= 11 is 0. The van der Waals surface area contributed by atoms with Gasteiger partial charge < -0.3 is 5.32 Å². The summed E-state index contributed by atoms with van der Waals surface area (Å²) in [6.07, 6.45) is 5.74. The molecular weight excluding hydrogens is 210 g/mol. The molecule has 0 aromatic rings. The number of nitrogens with one attached hydrogen (secondary N) is 1. The predicted octanol–water partition coefficient (Wildman–Crippen LogP) is 2.14. The van der Waals surface area contributed by atoms with E-state index >= 15 is 0 Å². The third-order valence-corrected chi connectivity index (χ3v) is 4.37. The van der Waals surface area contributed by atoms with Gasteiger partial charge in [-0.15, -0.1) is 0 Å². The Labute approximate surface area is 105 Å². The molecule has 1 heterocycles. The van der Waals surface area contributed by atoms with Crippen molar-refractivity contribution in [1.29, 1.82) is 5.26 Å². The minimum absolute atomic E-state index is 0.187. The van der Waals surface area contributed by atoms with Crippen LogP contribution in [0.15, 0.2) is 0 Å². The summed E-state index contributed by atoms with van der Waals surface area (Å²) in [6.45, 7) is 8.87. The normalized spacial score (nSPS) is 34.9. The van der Waals surface area contributed by atoms with Crippen molar-refractivity contribution in [3.05, 3.63) is 0 Å². The van der Waals surface area contributed by atoms with Crippen LogP contribution in [0.5, 0.6) is 0 Å². The summed E-state index contributed by atoms with van der Waals surface area (Å²) < 4.78 is 0. The molecule has 1 atom stereocenters. The quantitative estimate of drug-likeness (QED) is 0.757. The fourth-order valence-electron chi connectivity index (χ4n) is 3.54. The smallest absolute Gasteiger partial charge is 0.109 e. The molecule has 17 heavy (non-hydrogen) atoms. The Kier molecular flexibility index (Phi) is 3.75. The Morgan fingerprint density at radius 3 is 2.65 bits per heavy atom. The molecule has 1 saturated heterocycles.